The fraction of sp³-hybridized carbons (Fsp3) is 0.600. The van der Waals surface area contributed by atoms with E-state index in [1.165, 1.54) is 30.5 Å². The van der Waals surface area contributed by atoms with E-state index in [4.69, 9.17) is 5.73 Å². The van der Waals surface area contributed by atoms with Crippen molar-refractivity contribution in [3.8, 4) is 0 Å². The van der Waals surface area contributed by atoms with Crippen molar-refractivity contribution < 1.29 is 0 Å². The molecule has 2 nitrogen and oxygen atoms in total. The van der Waals surface area contributed by atoms with Crippen LogP contribution in [-0.4, -0.2) is 24.5 Å². The van der Waals surface area contributed by atoms with Crippen molar-refractivity contribution in [2.75, 3.05) is 19.6 Å². The lowest BCUT2D eigenvalue weighted by Crippen LogP contribution is -2.26. The average molecular weight is 232 g/mol. The van der Waals surface area contributed by atoms with Gasteiger partial charge in [0.2, 0.25) is 0 Å². The third-order valence-corrected chi connectivity index (χ3v) is 3.59. The predicted octanol–water partition coefficient (Wildman–Crippen LogP) is 2.42. The second kappa shape index (κ2) is 6.18. The minimum Gasteiger partial charge on any atom is -0.330 e. The molecule has 2 rings (SSSR count). The summed E-state index contributed by atoms with van der Waals surface area (Å²) >= 11 is 0. The molecule has 1 aliphatic rings. The molecule has 2 heteroatoms. The maximum Gasteiger partial charge on any atom is 0.0236 e. The molecule has 2 N–H and O–H groups in total. The number of nitrogens with zero attached hydrogens (tertiary/aromatic N) is 1. The van der Waals surface area contributed by atoms with E-state index in [1.807, 2.05) is 0 Å². The molecule has 1 aromatic carbocycles. The Bertz CT molecular complexity index is 345. The van der Waals surface area contributed by atoms with Gasteiger partial charge in [-0.1, -0.05) is 31.2 Å². The largest absolute Gasteiger partial charge is 0.330 e. The molecule has 1 aromatic rings. The van der Waals surface area contributed by atoms with Crippen molar-refractivity contribution in [2.24, 2.45) is 11.7 Å². The van der Waals surface area contributed by atoms with E-state index in [9.17, 15) is 0 Å². The molecule has 0 aliphatic heterocycles. The molecule has 17 heavy (non-hydrogen) atoms. The normalized spacial score (nSPS) is 15.5. The first-order chi connectivity index (χ1) is 8.33. The molecule has 0 atom stereocenters. The van der Waals surface area contributed by atoms with Gasteiger partial charge in [0, 0.05) is 13.1 Å². The van der Waals surface area contributed by atoms with E-state index >= 15 is 0 Å². The molecule has 0 spiro atoms. The number of benzene rings is 1. The molecule has 0 amide bonds. The Balaban J connectivity index is 1.99. The molecule has 0 bridgehead atoms. The number of nitrogens with two attached hydrogens (primary N) is 1. The number of hydrogen-bond donors (Lipinski definition) is 1. The highest BCUT2D eigenvalue weighted by Gasteiger charge is 2.23. The van der Waals surface area contributed by atoms with Gasteiger partial charge in [0.05, 0.1) is 0 Å². The lowest BCUT2D eigenvalue weighted by atomic mass is 10.0. The summed E-state index contributed by atoms with van der Waals surface area (Å²) in [7, 11) is 0. The molecule has 0 heterocycles. The van der Waals surface area contributed by atoms with Crippen LogP contribution < -0.4 is 5.73 Å². The Morgan fingerprint density at radius 1 is 1.24 bits per heavy atom. The monoisotopic (exact) mass is 232 g/mol. The van der Waals surface area contributed by atoms with Crippen molar-refractivity contribution in [3.63, 3.8) is 0 Å². The van der Waals surface area contributed by atoms with Crippen LogP contribution in [0.1, 0.15) is 30.9 Å². The van der Waals surface area contributed by atoms with Gasteiger partial charge in [-0.3, -0.25) is 4.90 Å². The molecular formula is C15H24N2. The Kier molecular flexibility index (Phi) is 4.57. The summed E-state index contributed by atoms with van der Waals surface area (Å²) in [5.41, 5.74) is 8.55. The van der Waals surface area contributed by atoms with Crippen LogP contribution in [0.2, 0.25) is 0 Å². The van der Waals surface area contributed by atoms with Gasteiger partial charge in [-0.05, 0) is 49.4 Å². The fourth-order valence-corrected chi connectivity index (χ4v) is 2.32. The SMILES string of the molecule is CCN(Cc1ccccc1CCN)CC1CC1. The standard InChI is InChI=1S/C15H24N2/c1-2-17(11-13-7-8-13)12-15-6-4-3-5-14(15)9-10-16/h3-6,13H,2,7-12,16H2,1H3. The van der Waals surface area contributed by atoms with E-state index in [-0.39, 0.29) is 0 Å². The van der Waals surface area contributed by atoms with Crippen LogP contribution in [0.15, 0.2) is 24.3 Å². The third-order valence-electron chi connectivity index (χ3n) is 3.59. The molecular weight excluding hydrogens is 208 g/mol. The number of hydrogen-bond acceptors (Lipinski definition) is 2. The van der Waals surface area contributed by atoms with E-state index in [0.717, 1.165) is 32.0 Å². The van der Waals surface area contributed by atoms with Crippen LogP contribution in [0.5, 0.6) is 0 Å². The molecule has 0 aromatic heterocycles. The summed E-state index contributed by atoms with van der Waals surface area (Å²) in [5, 5.41) is 0. The van der Waals surface area contributed by atoms with Gasteiger partial charge in [-0.25, -0.2) is 0 Å². The van der Waals surface area contributed by atoms with Gasteiger partial charge in [0.25, 0.3) is 0 Å². The van der Waals surface area contributed by atoms with Gasteiger partial charge < -0.3 is 5.73 Å². The second-order valence-electron chi connectivity index (χ2n) is 5.08. The molecule has 0 saturated heterocycles. The van der Waals surface area contributed by atoms with Gasteiger partial charge in [-0.15, -0.1) is 0 Å². The van der Waals surface area contributed by atoms with Gasteiger partial charge >= 0.3 is 0 Å². The second-order valence-corrected chi connectivity index (χ2v) is 5.08. The van der Waals surface area contributed by atoms with E-state index in [0.29, 0.717) is 0 Å². The van der Waals surface area contributed by atoms with E-state index in [1.54, 1.807) is 0 Å². The summed E-state index contributed by atoms with van der Waals surface area (Å²) in [6, 6.07) is 8.72. The van der Waals surface area contributed by atoms with Crippen LogP contribution >= 0.6 is 0 Å². The van der Waals surface area contributed by atoms with Crippen molar-refractivity contribution in [1.82, 2.24) is 4.90 Å². The topological polar surface area (TPSA) is 29.3 Å². The van der Waals surface area contributed by atoms with Gasteiger partial charge in [0.15, 0.2) is 0 Å². The zero-order valence-electron chi connectivity index (χ0n) is 10.9. The fourth-order valence-electron chi connectivity index (χ4n) is 2.32. The van der Waals surface area contributed by atoms with E-state index < -0.39 is 0 Å². The van der Waals surface area contributed by atoms with Crippen LogP contribution in [0.3, 0.4) is 0 Å². The van der Waals surface area contributed by atoms with Crippen molar-refractivity contribution >= 4 is 0 Å². The van der Waals surface area contributed by atoms with Crippen molar-refractivity contribution in [3.05, 3.63) is 35.4 Å². The third kappa shape index (κ3) is 3.83. The molecule has 0 radical (unpaired) electrons. The predicted molar refractivity (Wildman–Crippen MR) is 72.9 cm³/mol. The molecule has 1 aliphatic carbocycles. The van der Waals surface area contributed by atoms with Gasteiger partial charge in [0.1, 0.15) is 0 Å². The van der Waals surface area contributed by atoms with Crippen LogP contribution in [0.4, 0.5) is 0 Å². The van der Waals surface area contributed by atoms with Crippen LogP contribution in [0.25, 0.3) is 0 Å². The molecule has 0 unspecified atom stereocenters. The molecule has 1 saturated carbocycles. The maximum atomic E-state index is 5.67. The summed E-state index contributed by atoms with van der Waals surface area (Å²) in [5.74, 6) is 0.969. The van der Waals surface area contributed by atoms with E-state index in [2.05, 4.69) is 36.1 Å². The smallest absolute Gasteiger partial charge is 0.0236 e. The first kappa shape index (κ1) is 12.6. The zero-order valence-corrected chi connectivity index (χ0v) is 10.9. The minimum atomic E-state index is 0.742. The van der Waals surface area contributed by atoms with Crippen molar-refractivity contribution in [1.29, 1.82) is 0 Å². The Morgan fingerprint density at radius 3 is 2.53 bits per heavy atom. The first-order valence-electron chi connectivity index (χ1n) is 6.82. The zero-order chi connectivity index (χ0) is 12.1. The first-order valence-corrected chi connectivity index (χ1v) is 6.82. The highest BCUT2D eigenvalue weighted by Crippen LogP contribution is 2.30. The summed E-state index contributed by atoms with van der Waals surface area (Å²) in [6.45, 7) is 6.50. The minimum absolute atomic E-state index is 0.742. The quantitative estimate of drug-likeness (QED) is 0.782. The molecule has 1 fully saturated rings. The highest BCUT2D eigenvalue weighted by atomic mass is 15.1. The molecule has 94 valence electrons. The summed E-state index contributed by atoms with van der Waals surface area (Å²) in [4.78, 5) is 2.56. The summed E-state index contributed by atoms with van der Waals surface area (Å²) < 4.78 is 0. The maximum absolute atomic E-state index is 5.67. The Labute approximate surface area is 105 Å². The van der Waals surface area contributed by atoms with Gasteiger partial charge in [-0.2, -0.15) is 0 Å². The highest BCUT2D eigenvalue weighted by molar-refractivity contribution is 5.27. The lowest BCUT2D eigenvalue weighted by molar-refractivity contribution is 0.267. The summed E-state index contributed by atoms with van der Waals surface area (Å²) in [6.07, 6.45) is 3.86. The Morgan fingerprint density at radius 2 is 1.94 bits per heavy atom. The van der Waals surface area contributed by atoms with Crippen LogP contribution in [-0.2, 0) is 13.0 Å². The average Bonchev–Trinajstić information content (AvgIpc) is 3.15. The Hall–Kier alpha value is -0.860. The number of rotatable bonds is 7. The van der Waals surface area contributed by atoms with Crippen LogP contribution in [0, 0.1) is 5.92 Å². The lowest BCUT2D eigenvalue weighted by Gasteiger charge is -2.21. The van der Waals surface area contributed by atoms with Crippen molar-refractivity contribution in [2.45, 2.75) is 32.7 Å².